The van der Waals surface area contributed by atoms with Crippen LogP contribution in [-0.2, 0) is 11.3 Å². The fourth-order valence-electron chi connectivity index (χ4n) is 3.37. The molecule has 2 N–H and O–H groups in total. The summed E-state index contributed by atoms with van der Waals surface area (Å²) in [5.41, 5.74) is 1.54. The van der Waals surface area contributed by atoms with Crippen molar-refractivity contribution in [2.24, 2.45) is 0 Å². The molecule has 176 valence electrons. The van der Waals surface area contributed by atoms with Gasteiger partial charge in [-0.3, -0.25) is 4.79 Å². The van der Waals surface area contributed by atoms with E-state index in [4.69, 9.17) is 18.9 Å². The van der Waals surface area contributed by atoms with Crippen molar-refractivity contribution in [1.82, 2.24) is 15.3 Å². The van der Waals surface area contributed by atoms with E-state index in [2.05, 4.69) is 15.6 Å². The predicted octanol–water partition coefficient (Wildman–Crippen LogP) is 5.17. The van der Waals surface area contributed by atoms with Gasteiger partial charge in [0.1, 0.15) is 23.1 Å². The number of furan rings is 1. The van der Waals surface area contributed by atoms with Crippen molar-refractivity contribution in [1.29, 1.82) is 0 Å². The van der Waals surface area contributed by atoms with Gasteiger partial charge in [0.2, 0.25) is 5.91 Å². The Kier molecular flexibility index (Phi) is 7.54. The van der Waals surface area contributed by atoms with Crippen LogP contribution in [0.25, 0.3) is 10.9 Å². The first-order valence-corrected chi connectivity index (χ1v) is 11.7. The van der Waals surface area contributed by atoms with E-state index < -0.39 is 0 Å². The van der Waals surface area contributed by atoms with Gasteiger partial charge in [-0.2, -0.15) is 0 Å². The molecule has 9 heteroatoms. The van der Waals surface area contributed by atoms with E-state index in [1.165, 1.54) is 11.8 Å². The molecule has 0 radical (unpaired) electrons. The number of aromatic nitrogens is 2. The number of carbonyl (C=O) groups is 1. The number of nitrogens with zero attached hydrogens (tertiary/aromatic N) is 2. The van der Waals surface area contributed by atoms with Gasteiger partial charge >= 0.3 is 0 Å². The third kappa shape index (κ3) is 5.60. The highest BCUT2D eigenvalue weighted by atomic mass is 32.2. The van der Waals surface area contributed by atoms with Crippen molar-refractivity contribution >= 4 is 40.1 Å². The molecule has 1 atom stereocenters. The minimum atomic E-state index is -0.346. The van der Waals surface area contributed by atoms with Gasteiger partial charge in [-0.15, -0.1) is 0 Å². The SMILES string of the molecule is CCC(Sc1nc(Nc2cc(OC)cc(OC)c2)c2ccccc2n1)C(=O)NCc1ccco1. The summed E-state index contributed by atoms with van der Waals surface area (Å²) in [4.78, 5) is 22.2. The number of ether oxygens (including phenoxy) is 2. The lowest BCUT2D eigenvalue weighted by atomic mass is 10.2. The van der Waals surface area contributed by atoms with E-state index >= 15 is 0 Å². The molecule has 1 amide bonds. The van der Waals surface area contributed by atoms with Crippen LogP contribution < -0.4 is 20.1 Å². The Morgan fingerprint density at radius 1 is 1.06 bits per heavy atom. The molecular formula is C25H26N4O4S. The van der Waals surface area contributed by atoms with Crippen molar-refractivity contribution in [3.05, 3.63) is 66.6 Å². The summed E-state index contributed by atoms with van der Waals surface area (Å²) in [6.45, 7) is 2.30. The third-order valence-electron chi connectivity index (χ3n) is 5.12. The molecule has 0 saturated carbocycles. The number of fused-ring (bicyclic) bond motifs is 1. The first-order chi connectivity index (χ1) is 16.6. The Labute approximate surface area is 202 Å². The average molecular weight is 479 g/mol. The van der Waals surface area contributed by atoms with Gasteiger partial charge in [0, 0.05) is 29.3 Å². The molecular weight excluding hydrogens is 452 g/mol. The molecule has 0 bridgehead atoms. The van der Waals surface area contributed by atoms with Crippen LogP contribution in [0, 0.1) is 0 Å². The molecule has 8 nitrogen and oxygen atoms in total. The fourth-order valence-corrected chi connectivity index (χ4v) is 4.28. The number of thioether (sulfide) groups is 1. The molecule has 4 aromatic rings. The lowest BCUT2D eigenvalue weighted by molar-refractivity contribution is -0.120. The second-order valence-electron chi connectivity index (χ2n) is 7.41. The Morgan fingerprint density at radius 2 is 1.82 bits per heavy atom. The zero-order valence-electron chi connectivity index (χ0n) is 19.2. The summed E-state index contributed by atoms with van der Waals surface area (Å²) in [7, 11) is 3.21. The number of hydrogen-bond donors (Lipinski definition) is 2. The van der Waals surface area contributed by atoms with Crippen LogP contribution in [0.1, 0.15) is 19.1 Å². The van der Waals surface area contributed by atoms with Crippen LogP contribution in [0.2, 0.25) is 0 Å². The van der Waals surface area contributed by atoms with E-state index in [0.29, 0.717) is 41.2 Å². The normalized spacial score (nSPS) is 11.7. The summed E-state index contributed by atoms with van der Waals surface area (Å²) in [6.07, 6.45) is 2.21. The minimum Gasteiger partial charge on any atom is -0.497 e. The average Bonchev–Trinajstić information content (AvgIpc) is 3.39. The molecule has 0 aliphatic carbocycles. The highest BCUT2D eigenvalue weighted by molar-refractivity contribution is 8.00. The summed E-state index contributed by atoms with van der Waals surface area (Å²) in [5, 5.41) is 7.31. The number of rotatable bonds is 10. The molecule has 2 aromatic heterocycles. The zero-order chi connectivity index (χ0) is 23.9. The number of carbonyl (C=O) groups excluding carboxylic acids is 1. The fraction of sp³-hybridized carbons (Fsp3) is 0.240. The zero-order valence-corrected chi connectivity index (χ0v) is 20.0. The maximum Gasteiger partial charge on any atom is 0.233 e. The van der Waals surface area contributed by atoms with Gasteiger partial charge in [-0.1, -0.05) is 30.8 Å². The number of para-hydroxylation sites is 1. The maximum absolute atomic E-state index is 12.8. The topological polar surface area (TPSA) is 98.5 Å². The molecule has 34 heavy (non-hydrogen) atoms. The number of nitrogens with one attached hydrogen (secondary N) is 2. The Balaban J connectivity index is 1.59. The van der Waals surface area contributed by atoms with Crippen LogP contribution in [0.3, 0.4) is 0 Å². The van der Waals surface area contributed by atoms with Gasteiger partial charge in [-0.25, -0.2) is 9.97 Å². The number of amides is 1. The molecule has 0 saturated heterocycles. The van der Waals surface area contributed by atoms with Crippen LogP contribution in [-0.4, -0.2) is 35.3 Å². The van der Waals surface area contributed by atoms with E-state index in [1.54, 1.807) is 32.6 Å². The second-order valence-corrected chi connectivity index (χ2v) is 8.58. The van der Waals surface area contributed by atoms with E-state index in [-0.39, 0.29) is 11.2 Å². The number of hydrogen-bond acceptors (Lipinski definition) is 8. The Hall–Kier alpha value is -3.72. The first kappa shape index (κ1) is 23.4. The van der Waals surface area contributed by atoms with Crippen LogP contribution >= 0.6 is 11.8 Å². The van der Waals surface area contributed by atoms with Gasteiger partial charge in [0.05, 0.1) is 37.8 Å². The number of anilines is 2. The molecule has 0 aliphatic heterocycles. The number of methoxy groups -OCH3 is 2. The van der Waals surface area contributed by atoms with Gasteiger partial charge in [0.25, 0.3) is 0 Å². The lowest BCUT2D eigenvalue weighted by Crippen LogP contribution is -2.31. The highest BCUT2D eigenvalue weighted by Crippen LogP contribution is 2.32. The molecule has 0 fully saturated rings. The summed E-state index contributed by atoms with van der Waals surface area (Å²) >= 11 is 1.33. The predicted molar refractivity (Wildman–Crippen MR) is 133 cm³/mol. The van der Waals surface area contributed by atoms with E-state index in [0.717, 1.165) is 16.6 Å². The third-order valence-corrected chi connectivity index (χ3v) is 6.35. The summed E-state index contributed by atoms with van der Waals surface area (Å²) < 4.78 is 16.1. The van der Waals surface area contributed by atoms with Crippen molar-refractivity contribution in [2.75, 3.05) is 19.5 Å². The number of benzene rings is 2. The molecule has 0 aliphatic rings. The highest BCUT2D eigenvalue weighted by Gasteiger charge is 2.21. The van der Waals surface area contributed by atoms with Crippen molar-refractivity contribution < 1.29 is 18.7 Å². The second kappa shape index (κ2) is 10.9. The van der Waals surface area contributed by atoms with E-state index in [1.807, 2.05) is 49.4 Å². The molecule has 2 heterocycles. The van der Waals surface area contributed by atoms with Crippen molar-refractivity contribution in [2.45, 2.75) is 30.3 Å². The van der Waals surface area contributed by atoms with Crippen LogP contribution in [0.15, 0.2) is 70.4 Å². The molecule has 0 spiro atoms. The van der Waals surface area contributed by atoms with Crippen LogP contribution in [0.4, 0.5) is 11.5 Å². The minimum absolute atomic E-state index is 0.0901. The van der Waals surface area contributed by atoms with Crippen molar-refractivity contribution in [3.63, 3.8) is 0 Å². The van der Waals surface area contributed by atoms with Gasteiger partial charge in [-0.05, 0) is 30.7 Å². The molecule has 4 rings (SSSR count). The Morgan fingerprint density at radius 3 is 2.50 bits per heavy atom. The smallest absolute Gasteiger partial charge is 0.233 e. The van der Waals surface area contributed by atoms with E-state index in [9.17, 15) is 4.79 Å². The molecule has 1 unspecified atom stereocenters. The van der Waals surface area contributed by atoms with Crippen LogP contribution in [0.5, 0.6) is 11.5 Å². The summed E-state index contributed by atoms with van der Waals surface area (Å²) in [5.74, 6) is 2.57. The molecule has 2 aromatic carbocycles. The first-order valence-electron chi connectivity index (χ1n) is 10.8. The monoisotopic (exact) mass is 478 g/mol. The van der Waals surface area contributed by atoms with Gasteiger partial charge in [0.15, 0.2) is 5.16 Å². The quantitative estimate of drug-likeness (QED) is 0.238. The summed E-state index contributed by atoms with van der Waals surface area (Å²) in [6, 6.07) is 16.9. The van der Waals surface area contributed by atoms with Crippen molar-refractivity contribution in [3.8, 4) is 11.5 Å². The standard InChI is InChI=1S/C25H26N4O4S/c1-4-22(24(30)26-15-17-8-7-11-33-17)34-25-28-21-10-6-5-9-20(21)23(29-25)27-16-12-18(31-2)14-19(13-16)32-3/h5-14,22H,4,15H2,1-3H3,(H,26,30)(H,27,28,29). The maximum atomic E-state index is 12.8. The van der Waals surface area contributed by atoms with Gasteiger partial charge < -0.3 is 24.5 Å². The Bertz CT molecular complexity index is 1240. The lowest BCUT2D eigenvalue weighted by Gasteiger charge is -2.16. The largest absolute Gasteiger partial charge is 0.497 e.